The predicted octanol–water partition coefficient (Wildman–Crippen LogP) is 1.38. The van der Waals surface area contributed by atoms with E-state index in [1.54, 1.807) is 0 Å². The van der Waals surface area contributed by atoms with Gasteiger partial charge in [-0.3, -0.25) is 4.79 Å². The number of hydrogen-bond donors (Lipinski definition) is 2. The Kier molecular flexibility index (Phi) is 3.92. The van der Waals surface area contributed by atoms with E-state index < -0.39 is 12.0 Å². The highest BCUT2D eigenvalue weighted by atomic mass is 35.5. The van der Waals surface area contributed by atoms with Gasteiger partial charge in [-0.15, -0.1) is 11.6 Å². The summed E-state index contributed by atoms with van der Waals surface area (Å²) in [4.78, 5) is 10.5. The van der Waals surface area contributed by atoms with Crippen molar-refractivity contribution in [2.45, 2.75) is 18.3 Å². The van der Waals surface area contributed by atoms with E-state index in [4.69, 9.17) is 22.4 Å². The van der Waals surface area contributed by atoms with Crippen LogP contribution < -0.4 is 5.73 Å². The molecule has 0 saturated carbocycles. The molecule has 0 bridgehead atoms. The van der Waals surface area contributed by atoms with Crippen LogP contribution in [0.2, 0.25) is 0 Å². The van der Waals surface area contributed by atoms with Gasteiger partial charge >= 0.3 is 5.97 Å². The molecule has 0 amide bonds. The third-order valence-electron chi connectivity index (χ3n) is 1.95. The van der Waals surface area contributed by atoms with Gasteiger partial charge in [-0.2, -0.15) is 0 Å². The van der Waals surface area contributed by atoms with E-state index in [-0.39, 0.29) is 0 Å². The lowest BCUT2D eigenvalue weighted by Crippen LogP contribution is -2.32. The number of nitrogens with two attached hydrogens (primary N) is 1. The minimum absolute atomic E-state index is 0.345. The third-order valence-corrected chi connectivity index (χ3v) is 2.26. The van der Waals surface area contributed by atoms with Gasteiger partial charge in [0.05, 0.1) is 0 Å². The molecule has 0 aliphatic carbocycles. The molecule has 0 aliphatic heterocycles. The van der Waals surface area contributed by atoms with Crippen molar-refractivity contribution in [1.29, 1.82) is 0 Å². The summed E-state index contributed by atoms with van der Waals surface area (Å²) in [5.74, 6) is -0.517. The van der Waals surface area contributed by atoms with Gasteiger partial charge in [0.1, 0.15) is 6.04 Å². The van der Waals surface area contributed by atoms with Gasteiger partial charge in [0.2, 0.25) is 0 Å². The van der Waals surface area contributed by atoms with Crippen LogP contribution in [-0.4, -0.2) is 17.1 Å². The average molecular weight is 214 g/mol. The molecule has 14 heavy (non-hydrogen) atoms. The predicted molar refractivity (Wildman–Crippen MR) is 55.3 cm³/mol. The van der Waals surface area contributed by atoms with Gasteiger partial charge in [-0.1, -0.05) is 24.3 Å². The van der Waals surface area contributed by atoms with Crippen molar-refractivity contribution < 1.29 is 9.90 Å². The van der Waals surface area contributed by atoms with E-state index in [0.717, 1.165) is 11.1 Å². The minimum Gasteiger partial charge on any atom is -0.480 e. The fraction of sp³-hybridized carbons (Fsp3) is 0.300. The fourth-order valence-corrected chi connectivity index (χ4v) is 1.28. The second-order valence-electron chi connectivity index (χ2n) is 3.10. The maximum absolute atomic E-state index is 10.5. The number of carboxylic acid groups (broad SMARTS) is 1. The average Bonchev–Trinajstić information content (AvgIpc) is 2.19. The first-order valence-electron chi connectivity index (χ1n) is 4.25. The Morgan fingerprint density at radius 3 is 2.29 bits per heavy atom. The lowest BCUT2D eigenvalue weighted by atomic mass is 10.1. The Morgan fingerprint density at radius 1 is 1.36 bits per heavy atom. The first-order chi connectivity index (χ1) is 6.63. The summed E-state index contributed by atoms with van der Waals surface area (Å²) in [6, 6.07) is 6.60. The maximum Gasteiger partial charge on any atom is 0.320 e. The highest BCUT2D eigenvalue weighted by Gasteiger charge is 2.11. The topological polar surface area (TPSA) is 63.3 Å². The molecule has 1 aromatic carbocycles. The van der Waals surface area contributed by atoms with Crippen LogP contribution in [0.15, 0.2) is 24.3 Å². The fourth-order valence-electron chi connectivity index (χ4n) is 1.11. The highest BCUT2D eigenvalue weighted by molar-refractivity contribution is 6.17. The SMILES string of the molecule is NC(Cc1ccc(CCl)cc1)C(=O)O. The van der Waals surface area contributed by atoms with Crippen molar-refractivity contribution in [3.63, 3.8) is 0 Å². The maximum atomic E-state index is 10.5. The number of carboxylic acids is 1. The zero-order valence-electron chi connectivity index (χ0n) is 7.61. The standard InChI is InChI=1S/C10H12ClNO2/c11-6-8-3-1-7(2-4-8)5-9(12)10(13)14/h1-4,9H,5-6,12H2,(H,13,14). The van der Waals surface area contributed by atoms with Gasteiger partial charge < -0.3 is 10.8 Å². The van der Waals surface area contributed by atoms with Crippen molar-refractivity contribution in [1.82, 2.24) is 0 Å². The van der Waals surface area contributed by atoms with Gasteiger partial charge in [-0.05, 0) is 17.5 Å². The molecule has 3 nitrogen and oxygen atoms in total. The van der Waals surface area contributed by atoms with Crippen LogP contribution in [0.1, 0.15) is 11.1 Å². The summed E-state index contributed by atoms with van der Waals surface area (Å²) in [6.45, 7) is 0. The van der Waals surface area contributed by atoms with Crippen LogP contribution in [-0.2, 0) is 17.1 Å². The second-order valence-corrected chi connectivity index (χ2v) is 3.37. The number of hydrogen-bond acceptors (Lipinski definition) is 2. The van der Waals surface area contributed by atoms with E-state index >= 15 is 0 Å². The quantitative estimate of drug-likeness (QED) is 0.743. The largest absolute Gasteiger partial charge is 0.480 e. The molecule has 1 rings (SSSR count). The molecular weight excluding hydrogens is 202 g/mol. The number of halogens is 1. The molecule has 0 saturated heterocycles. The lowest BCUT2D eigenvalue weighted by Gasteiger charge is -2.06. The molecule has 1 unspecified atom stereocenters. The third kappa shape index (κ3) is 3.01. The monoisotopic (exact) mass is 213 g/mol. The number of alkyl halides is 1. The Balaban J connectivity index is 2.64. The summed E-state index contributed by atoms with van der Waals surface area (Å²) in [5, 5.41) is 8.60. The van der Waals surface area contributed by atoms with E-state index in [2.05, 4.69) is 0 Å². The highest BCUT2D eigenvalue weighted by Crippen LogP contribution is 2.08. The molecule has 4 heteroatoms. The molecule has 1 aromatic rings. The van der Waals surface area contributed by atoms with Crippen molar-refractivity contribution in [2.75, 3.05) is 0 Å². The molecule has 0 aromatic heterocycles. The lowest BCUT2D eigenvalue weighted by molar-refractivity contribution is -0.138. The van der Waals surface area contributed by atoms with Gasteiger partial charge in [0.15, 0.2) is 0 Å². The van der Waals surface area contributed by atoms with Crippen molar-refractivity contribution in [3.05, 3.63) is 35.4 Å². The van der Waals surface area contributed by atoms with Gasteiger partial charge in [0, 0.05) is 5.88 Å². The van der Waals surface area contributed by atoms with Crippen molar-refractivity contribution in [2.24, 2.45) is 5.73 Å². The zero-order valence-corrected chi connectivity index (χ0v) is 8.37. The Bertz CT molecular complexity index is 310. The van der Waals surface area contributed by atoms with E-state index in [1.807, 2.05) is 24.3 Å². The van der Waals surface area contributed by atoms with Crippen LogP contribution in [0, 0.1) is 0 Å². The van der Waals surface area contributed by atoms with Crippen molar-refractivity contribution in [3.8, 4) is 0 Å². The van der Waals surface area contributed by atoms with Gasteiger partial charge in [0.25, 0.3) is 0 Å². The molecule has 0 spiro atoms. The summed E-state index contributed by atoms with van der Waals surface area (Å²) in [5.41, 5.74) is 7.32. The van der Waals surface area contributed by atoms with Gasteiger partial charge in [-0.25, -0.2) is 0 Å². The van der Waals surface area contributed by atoms with Crippen LogP contribution in [0.4, 0.5) is 0 Å². The molecule has 3 N–H and O–H groups in total. The van der Waals surface area contributed by atoms with Crippen LogP contribution in [0.3, 0.4) is 0 Å². The second kappa shape index (κ2) is 4.98. The summed E-state index contributed by atoms with van der Waals surface area (Å²) >= 11 is 5.62. The zero-order chi connectivity index (χ0) is 10.6. The van der Waals surface area contributed by atoms with Crippen molar-refractivity contribution >= 4 is 17.6 Å². The van der Waals surface area contributed by atoms with E-state index in [1.165, 1.54) is 0 Å². The Labute approximate surface area is 87.5 Å². The summed E-state index contributed by atoms with van der Waals surface area (Å²) in [7, 11) is 0. The Hall–Kier alpha value is -1.06. The van der Waals surface area contributed by atoms with Crippen LogP contribution in [0.25, 0.3) is 0 Å². The smallest absolute Gasteiger partial charge is 0.320 e. The number of carbonyl (C=O) groups is 1. The number of benzene rings is 1. The van der Waals surface area contributed by atoms with E-state index in [9.17, 15) is 4.79 Å². The molecule has 1 atom stereocenters. The number of aliphatic carboxylic acids is 1. The van der Waals surface area contributed by atoms with E-state index in [0.29, 0.717) is 12.3 Å². The van der Waals surface area contributed by atoms with Crippen LogP contribution >= 0.6 is 11.6 Å². The molecule has 0 radical (unpaired) electrons. The first kappa shape index (κ1) is 11.0. The van der Waals surface area contributed by atoms with Crippen LogP contribution in [0.5, 0.6) is 0 Å². The molecule has 76 valence electrons. The Morgan fingerprint density at radius 2 is 1.86 bits per heavy atom. The first-order valence-corrected chi connectivity index (χ1v) is 4.79. The minimum atomic E-state index is -0.980. The molecule has 0 aliphatic rings. The summed E-state index contributed by atoms with van der Waals surface area (Å²) < 4.78 is 0. The molecular formula is C10H12ClNO2. The normalized spacial score (nSPS) is 12.4. The molecule has 0 fully saturated rings. The molecule has 0 heterocycles. The summed E-state index contributed by atoms with van der Waals surface area (Å²) in [6.07, 6.45) is 0.345. The number of rotatable bonds is 4.